The van der Waals surface area contributed by atoms with Crippen LogP contribution in [0.4, 0.5) is 102 Å². The summed E-state index contributed by atoms with van der Waals surface area (Å²) in [7, 11) is 0. The van der Waals surface area contributed by atoms with Crippen molar-refractivity contribution in [3.8, 4) is 0 Å². The molecule has 0 N–H and O–H groups in total. The summed E-state index contributed by atoms with van der Waals surface area (Å²) in [5, 5.41) is 31.1. The Balaban J connectivity index is 0.000000362. The van der Waals surface area contributed by atoms with Crippen molar-refractivity contribution in [2.75, 3.05) is 36.2 Å². The summed E-state index contributed by atoms with van der Waals surface area (Å²) in [6, 6.07) is 101. The van der Waals surface area contributed by atoms with Gasteiger partial charge in [-0.05, 0) is 140 Å². The number of hydrogen-bond acceptors (Lipinski definition) is 4. The first-order chi connectivity index (χ1) is 60.2. The summed E-state index contributed by atoms with van der Waals surface area (Å²) in [5.41, 5.74) is 24.2. The average molecular weight is 1860 g/mol. The van der Waals surface area contributed by atoms with Crippen LogP contribution in [0.3, 0.4) is 0 Å². The van der Waals surface area contributed by atoms with E-state index in [0.717, 1.165) is 129 Å². The second-order valence-electron chi connectivity index (χ2n) is 39.1. The van der Waals surface area contributed by atoms with Crippen LogP contribution >= 0.6 is 0 Å². The van der Waals surface area contributed by atoms with Crippen LogP contribution in [0.15, 0.2) is 291 Å². The molecule has 2 saturated heterocycles. The van der Waals surface area contributed by atoms with Crippen molar-refractivity contribution >= 4 is 102 Å². The number of halogens is 2. The molecule has 14 rings (SSSR count). The molecule has 0 spiro atoms. The van der Waals surface area contributed by atoms with E-state index in [1.54, 1.807) is 0 Å². The Morgan fingerprint density at radius 3 is 0.554 bits per heavy atom. The molecule has 0 aliphatic carbocycles. The third-order valence-corrected chi connectivity index (χ3v) is 22.2. The number of rotatable bonds is 24. The second kappa shape index (κ2) is 53.9. The molecule has 688 valence electrons. The topological polar surface area (TPSA) is 110 Å². The van der Waals surface area contributed by atoms with Gasteiger partial charge >= 0.3 is 34.7 Å². The number of benzene rings is 12. The summed E-state index contributed by atoms with van der Waals surface area (Å²) in [6.45, 7) is 53.1. The van der Waals surface area contributed by atoms with Gasteiger partial charge in [0.1, 0.15) is 0 Å². The molecule has 0 unspecified atom stereocenters. The van der Waals surface area contributed by atoms with Crippen LogP contribution in [0.25, 0.3) is 31.9 Å². The van der Waals surface area contributed by atoms with Gasteiger partial charge in [0.2, 0.25) is 0 Å². The first-order valence-electron chi connectivity index (χ1n) is 46.4. The maximum Gasteiger partial charge on any atom is 4.00 e. The fourth-order valence-corrected chi connectivity index (χ4v) is 14.3. The normalized spacial score (nSPS) is 12.2. The zero-order chi connectivity index (χ0) is 90.9. The predicted molar refractivity (Wildman–Crippen MR) is 549 cm³/mol. The Bertz CT molecular complexity index is 4840. The van der Waals surface area contributed by atoms with Crippen molar-refractivity contribution in [1.82, 2.24) is 0 Å². The van der Waals surface area contributed by atoms with Gasteiger partial charge in [0.15, 0.2) is 0 Å². The van der Waals surface area contributed by atoms with Crippen LogP contribution in [0.1, 0.15) is 263 Å². The van der Waals surface area contributed by atoms with Crippen LogP contribution in [0.2, 0.25) is 0 Å². The maximum absolute atomic E-state index is 5.30. The Hall–Kier alpha value is -9.40. The average Bonchev–Trinajstić information content (AvgIpc) is 0.945. The van der Waals surface area contributed by atoms with Gasteiger partial charge in [-0.1, -0.05) is 446 Å². The van der Waals surface area contributed by atoms with E-state index in [0.29, 0.717) is 0 Å². The molecule has 2 fully saturated rings. The molecule has 12 aromatic carbocycles. The van der Waals surface area contributed by atoms with Crippen LogP contribution in [-0.4, -0.2) is 26.4 Å². The van der Waals surface area contributed by atoms with Gasteiger partial charge in [-0.2, -0.15) is 22.7 Å². The molecule has 14 heteroatoms. The van der Waals surface area contributed by atoms with E-state index in [-0.39, 0.29) is 92.0 Å². The smallest absolute Gasteiger partial charge is 1.00 e. The molecule has 0 amide bonds. The minimum Gasteiger partial charge on any atom is -1.00 e. The third-order valence-electron chi connectivity index (χ3n) is 22.2. The van der Waals surface area contributed by atoms with Crippen molar-refractivity contribution in [1.29, 1.82) is 0 Å². The van der Waals surface area contributed by atoms with Crippen molar-refractivity contribution in [2.45, 2.75) is 262 Å². The molecule has 2 heterocycles. The van der Waals surface area contributed by atoms with Crippen LogP contribution in [0.5, 0.6) is 0 Å². The summed E-state index contributed by atoms with van der Waals surface area (Å²) < 4.78 is 9.89. The molecular formula is C116H146Cl2Cr2N8O2. The summed E-state index contributed by atoms with van der Waals surface area (Å²) in [5.74, 6) is 0. The molecule has 2 aliphatic heterocycles. The Kier molecular flexibility index (Phi) is 46.1. The van der Waals surface area contributed by atoms with Gasteiger partial charge in [-0.15, -0.1) is 45.5 Å². The van der Waals surface area contributed by atoms with E-state index in [1.807, 2.05) is 60.7 Å². The molecule has 12 aromatic rings. The molecule has 130 heavy (non-hydrogen) atoms. The maximum atomic E-state index is 5.30. The molecule has 0 atom stereocenters. The standard InChI is InChI=1S/2C48H51N4.2C6H14.2C4H8O.2ClH.2Cr/c2*1-46(2,3)34-22-28-37(29-23-34)49-40-16-10-11-17-41(40)51-43-19-13-15-21-45(43)52(39-32-26-36(27-33-39)48(7,8)9)44-20-14-12-18-42(44)50-38-30-24-35(25-31-38)47(4,5)6;2*1-3-5-6-4-2;2*1-2-4-5-3-1;;;;/h2*10-33H,1-9H3;2*3-6H2,1-2H3;2*1-4H2;2*1H;;/q2*-3;;;;;;;2*+4/p-2. The molecule has 2 aliphatic rings. The van der Waals surface area contributed by atoms with Gasteiger partial charge in [-0.25, -0.2) is 0 Å². The van der Waals surface area contributed by atoms with E-state index in [9.17, 15) is 0 Å². The first kappa shape index (κ1) is 111. The minimum atomic E-state index is 0. The van der Waals surface area contributed by atoms with E-state index < -0.39 is 0 Å². The van der Waals surface area contributed by atoms with Crippen molar-refractivity contribution in [3.05, 3.63) is 356 Å². The fraction of sp³-hybridized carbons (Fsp3) is 0.379. The van der Waals surface area contributed by atoms with Crippen LogP contribution in [-0.2, 0) is 76.7 Å². The molecule has 0 radical (unpaired) electrons. The largest absolute Gasteiger partial charge is 4.00 e. The number of unbranched alkanes of at least 4 members (excludes halogenated alkanes) is 6. The van der Waals surface area contributed by atoms with Gasteiger partial charge < -0.3 is 76.0 Å². The van der Waals surface area contributed by atoms with Gasteiger partial charge in [-0.3, -0.25) is 0 Å². The summed E-state index contributed by atoms with van der Waals surface area (Å²) in [4.78, 5) is 4.55. The van der Waals surface area contributed by atoms with E-state index in [2.05, 4.69) is 393 Å². The number of nitrogens with zero attached hydrogens (tertiary/aromatic N) is 8. The molecule has 0 saturated carbocycles. The summed E-state index contributed by atoms with van der Waals surface area (Å²) >= 11 is 0. The second-order valence-corrected chi connectivity index (χ2v) is 39.1. The zero-order valence-electron chi connectivity index (χ0n) is 82.0. The number of ether oxygens (including phenoxy) is 2. The molecular weight excluding hydrogens is 1710 g/mol. The Morgan fingerprint density at radius 2 is 0.377 bits per heavy atom. The van der Waals surface area contributed by atoms with Crippen molar-refractivity contribution in [2.24, 2.45) is 0 Å². The SMILES string of the molecule is C1CCOC1.C1CCOC1.CC(C)(C)c1ccc([N-]c2ccccc2[N-]c2ccccc2N(c2ccc(C(C)(C)C)cc2)c2ccccc2[N-]c2ccc(C(C)(C)C)cc2)cc1.CC(C)(C)c1ccc([N-]c2ccccc2[N-]c2ccccc2N(c2ccc(C(C)(C)C)cc2)c2ccccc2[N-]c2ccc(C(C)(C)C)cc2)cc1.CCCCCC.CCCCCC.[Cl-].[Cl-].[Cr+4].[Cr+4]. The predicted octanol–water partition coefficient (Wildman–Crippen LogP) is 32.9. The van der Waals surface area contributed by atoms with Crippen LogP contribution < -0.4 is 34.6 Å². The summed E-state index contributed by atoms with van der Waals surface area (Å²) in [6.07, 6.45) is 16.2. The number of anilines is 6. The van der Waals surface area contributed by atoms with Gasteiger partial charge in [0.05, 0.1) is 0 Å². The number of para-hydroxylation sites is 12. The van der Waals surface area contributed by atoms with Gasteiger partial charge in [0.25, 0.3) is 0 Å². The first-order valence-corrected chi connectivity index (χ1v) is 46.4. The van der Waals surface area contributed by atoms with Crippen molar-refractivity contribution in [3.63, 3.8) is 0 Å². The van der Waals surface area contributed by atoms with E-state index >= 15 is 0 Å². The molecule has 0 aromatic heterocycles. The third kappa shape index (κ3) is 35.0. The molecule has 0 bridgehead atoms. The van der Waals surface area contributed by atoms with E-state index in [1.165, 1.54) is 110 Å². The minimum absolute atomic E-state index is 0. The zero-order valence-corrected chi connectivity index (χ0v) is 86.1. The monoisotopic (exact) mass is 1860 g/mol. The quantitative estimate of drug-likeness (QED) is 0.0561. The fourth-order valence-electron chi connectivity index (χ4n) is 14.3. The number of hydrogen-bond donors (Lipinski definition) is 0. The molecule has 10 nitrogen and oxygen atoms in total. The Labute approximate surface area is 819 Å². The van der Waals surface area contributed by atoms with Crippen molar-refractivity contribution < 1.29 is 69.0 Å². The van der Waals surface area contributed by atoms with E-state index in [4.69, 9.17) is 41.4 Å². The Morgan fingerprint density at radius 1 is 0.215 bits per heavy atom. The van der Waals surface area contributed by atoms with Crippen LogP contribution in [0, 0.1) is 0 Å². The van der Waals surface area contributed by atoms with Gasteiger partial charge in [0, 0.05) is 60.6 Å².